The minimum atomic E-state index is -0.131. The van der Waals surface area contributed by atoms with Gasteiger partial charge in [0.05, 0.1) is 0 Å². The Balaban J connectivity index is 1.75. The monoisotopic (exact) mass is 235 g/mol. The van der Waals surface area contributed by atoms with Gasteiger partial charge in [-0.05, 0) is 49.4 Å². The molecule has 1 nitrogen and oxygen atoms in total. The van der Waals surface area contributed by atoms with Gasteiger partial charge in [0.2, 0.25) is 0 Å². The van der Waals surface area contributed by atoms with Crippen LogP contribution in [0.3, 0.4) is 0 Å². The second-order valence-electron chi connectivity index (χ2n) is 5.20. The third kappa shape index (κ3) is 3.81. The van der Waals surface area contributed by atoms with Gasteiger partial charge in [0.25, 0.3) is 0 Å². The highest BCUT2D eigenvalue weighted by atomic mass is 19.1. The van der Waals surface area contributed by atoms with Crippen molar-refractivity contribution in [2.75, 3.05) is 6.54 Å². The quantitative estimate of drug-likeness (QED) is 0.841. The summed E-state index contributed by atoms with van der Waals surface area (Å²) < 4.78 is 13.0. The van der Waals surface area contributed by atoms with E-state index in [1.165, 1.54) is 31.7 Å². The average Bonchev–Trinajstić information content (AvgIpc) is 2.32. The van der Waals surface area contributed by atoms with E-state index >= 15 is 0 Å². The van der Waals surface area contributed by atoms with Gasteiger partial charge in [0, 0.05) is 6.04 Å². The van der Waals surface area contributed by atoms with Gasteiger partial charge < -0.3 is 5.32 Å². The van der Waals surface area contributed by atoms with Crippen molar-refractivity contribution in [1.29, 1.82) is 0 Å². The lowest BCUT2D eigenvalue weighted by Gasteiger charge is -2.29. The summed E-state index contributed by atoms with van der Waals surface area (Å²) in [6.07, 6.45) is 6.29. The molecule has 0 heterocycles. The number of nitrogens with one attached hydrogen (secondary N) is 1. The zero-order valence-electron chi connectivity index (χ0n) is 10.6. The molecule has 2 atom stereocenters. The van der Waals surface area contributed by atoms with Gasteiger partial charge in [0.1, 0.15) is 5.82 Å². The van der Waals surface area contributed by atoms with Gasteiger partial charge >= 0.3 is 0 Å². The predicted octanol–water partition coefficient (Wildman–Crippen LogP) is 3.54. The fourth-order valence-electron chi connectivity index (χ4n) is 2.71. The van der Waals surface area contributed by atoms with Gasteiger partial charge in [-0.25, -0.2) is 4.39 Å². The van der Waals surface area contributed by atoms with E-state index in [0.29, 0.717) is 6.04 Å². The van der Waals surface area contributed by atoms with Gasteiger partial charge in [-0.3, -0.25) is 0 Å². The molecule has 1 aliphatic carbocycles. The minimum absolute atomic E-state index is 0.131. The van der Waals surface area contributed by atoms with Gasteiger partial charge in [0.15, 0.2) is 0 Å². The number of rotatable bonds is 4. The molecule has 1 saturated carbocycles. The van der Waals surface area contributed by atoms with Gasteiger partial charge in [-0.2, -0.15) is 0 Å². The van der Waals surface area contributed by atoms with Crippen molar-refractivity contribution in [3.05, 3.63) is 35.6 Å². The van der Waals surface area contributed by atoms with Crippen LogP contribution in [0.2, 0.25) is 0 Å². The van der Waals surface area contributed by atoms with Crippen molar-refractivity contribution in [3.63, 3.8) is 0 Å². The van der Waals surface area contributed by atoms with Gasteiger partial charge in [-0.1, -0.05) is 31.9 Å². The molecular weight excluding hydrogens is 213 g/mol. The first-order valence-electron chi connectivity index (χ1n) is 6.73. The summed E-state index contributed by atoms with van der Waals surface area (Å²) in [5, 5.41) is 3.62. The van der Waals surface area contributed by atoms with Crippen LogP contribution in [0.4, 0.5) is 4.39 Å². The van der Waals surface area contributed by atoms with Crippen molar-refractivity contribution in [2.24, 2.45) is 5.92 Å². The maximum atomic E-state index is 13.0. The molecular formula is C15H22FN. The highest BCUT2D eigenvalue weighted by Crippen LogP contribution is 2.23. The van der Waals surface area contributed by atoms with E-state index < -0.39 is 0 Å². The van der Waals surface area contributed by atoms with E-state index in [1.807, 2.05) is 6.07 Å². The zero-order chi connectivity index (χ0) is 12.1. The third-order valence-corrected chi connectivity index (χ3v) is 3.82. The third-order valence-electron chi connectivity index (χ3n) is 3.82. The molecule has 0 saturated heterocycles. The minimum Gasteiger partial charge on any atom is -0.313 e. The second-order valence-corrected chi connectivity index (χ2v) is 5.20. The first kappa shape index (κ1) is 12.6. The summed E-state index contributed by atoms with van der Waals surface area (Å²) in [5.41, 5.74) is 1.08. The molecule has 2 unspecified atom stereocenters. The maximum absolute atomic E-state index is 13.0. The Morgan fingerprint density at radius 3 is 2.88 bits per heavy atom. The molecule has 0 aromatic heterocycles. The first-order chi connectivity index (χ1) is 8.25. The van der Waals surface area contributed by atoms with E-state index in [2.05, 4.69) is 12.2 Å². The van der Waals surface area contributed by atoms with E-state index in [0.717, 1.165) is 24.4 Å². The van der Waals surface area contributed by atoms with E-state index in [-0.39, 0.29) is 5.82 Å². The van der Waals surface area contributed by atoms with Crippen LogP contribution in [0.1, 0.15) is 38.2 Å². The fourth-order valence-corrected chi connectivity index (χ4v) is 2.71. The Labute approximate surface area is 103 Å². The summed E-state index contributed by atoms with van der Waals surface area (Å²) in [5.74, 6) is 0.657. The lowest BCUT2D eigenvalue weighted by molar-refractivity contribution is 0.282. The molecule has 0 aliphatic heterocycles. The molecule has 2 heteroatoms. The van der Waals surface area contributed by atoms with Crippen LogP contribution in [0, 0.1) is 11.7 Å². The Kier molecular flexibility index (Phi) is 4.55. The Morgan fingerprint density at radius 1 is 1.29 bits per heavy atom. The molecule has 1 aromatic rings. The van der Waals surface area contributed by atoms with Gasteiger partial charge in [-0.15, -0.1) is 0 Å². The van der Waals surface area contributed by atoms with Crippen LogP contribution < -0.4 is 5.32 Å². The number of halogens is 1. The lowest BCUT2D eigenvalue weighted by atomic mass is 9.86. The number of benzene rings is 1. The predicted molar refractivity (Wildman–Crippen MR) is 69.5 cm³/mol. The molecule has 1 aromatic carbocycles. The number of hydrogen-bond donors (Lipinski definition) is 1. The lowest BCUT2D eigenvalue weighted by Crippen LogP contribution is -2.38. The highest BCUT2D eigenvalue weighted by molar-refractivity contribution is 5.16. The maximum Gasteiger partial charge on any atom is 0.123 e. The SMILES string of the molecule is CC1CCCCC1NCCc1cccc(F)c1. The van der Waals surface area contributed by atoms with E-state index in [9.17, 15) is 4.39 Å². The van der Waals surface area contributed by atoms with Crippen molar-refractivity contribution < 1.29 is 4.39 Å². The molecule has 17 heavy (non-hydrogen) atoms. The molecule has 2 rings (SSSR count). The van der Waals surface area contributed by atoms with E-state index in [1.54, 1.807) is 12.1 Å². The molecule has 0 radical (unpaired) electrons. The van der Waals surface area contributed by atoms with Crippen LogP contribution in [0.5, 0.6) is 0 Å². The molecule has 0 amide bonds. The molecule has 0 bridgehead atoms. The van der Waals surface area contributed by atoms with Crippen LogP contribution in [0.25, 0.3) is 0 Å². The molecule has 0 spiro atoms. The average molecular weight is 235 g/mol. The molecule has 94 valence electrons. The van der Waals surface area contributed by atoms with Crippen molar-refractivity contribution in [1.82, 2.24) is 5.32 Å². The Hall–Kier alpha value is -0.890. The first-order valence-corrected chi connectivity index (χ1v) is 6.73. The fraction of sp³-hybridized carbons (Fsp3) is 0.600. The van der Waals surface area contributed by atoms with Crippen LogP contribution >= 0.6 is 0 Å². The Morgan fingerprint density at radius 2 is 2.12 bits per heavy atom. The summed E-state index contributed by atoms with van der Waals surface area (Å²) in [4.78, 5) is 0. The number of hydrogen-bond acceptors (Lipinski definition) is 1. The molecule has 1 fully saturated rings. The van der Waals surface area contributed by atoms with Crippen LogP contribution in [-0.4, -0.2) is 12.6 Å². The van der Waals surface area contributed by atoms with Crippen molar-refractivity contribution in [3.8, 4) is 0 Å². The molecule has 1 aliphatic rings. The second kappa shape index (κ2) is 6.15. The summed E-state index contributed by atoms with van der Waals surface area (Å²) in [7, 11) is 0. The summed E-state index contributed by atoms with van der Waals surface area (Å²) in [6, 6.07) is 7.58. The standard InChI is InChI=1S/C15H22FN/c1-12-5-2-3-8-15(12)17-10-9-13-6-4-7-14(16)11-13/h4,6-7,11-12,15,17H,2-3,5,8-10H2,1H3. The smallest absolute Gasteiger partial charge is 0.123 e. The zero-order valence-corrected chi connectivity index (χ0v) is 10.6. The van der Waals surface area contributed by atoms with Crippen molar-refractivity contribution >= 4 is 0 Å². The van der Waals surface area contributed by atoms with Crippen LogP contribution in [0.15, 0.2) is 24.3 Å². The normalized spacial score (nSPS) is 24.8. The van der Waals surface area contributed by atoms with Crippen LogP contribution in [-0.2, 0) is 6.42 Å². The highest BCUT2D eigenvalue weighted by Gasteiger charge is 2.19. The topological polar surface area (TPSA) is 12.0 Å². The van der Waals surface area contributed by atoms with Crippen molar-refractivity contribution in [2.45, 2.75) is 45.1 Å². The summed E-state index contributed by atoms with van der Waals surface area (Å²) >= 11 is 0. The van der Waals surface area contributed by atoms with E-state index in [4.69, 9.17) is 0 Å². The molecule has 1 N–H and O–H groups in total. The largest absolute Gasteiger partial charge is 0.313 e. The summed E-state index contributed by atoms with van der Waals surface area (Å²) in [6.45, 7) is 3.29. The Bertz CT molecular complexity index is 351.